The molecular weight excluding hydrogens is 424 g/mol. The first-order valence-electron chi connectivity index (χ1n) is 10.5. The molecule has 3 rings (SSSR count). The first-order valence-corrected chi connectivity index (χ1v) is 10.5. The minimum Gasteiger partial charge on any atom is -0.508 e. The predicted molar refractivity (Wildman–Crippen MR) is 127 cm³/mol. The van der Waals surface area contributed by atoms with Crippen LogP contribution in [0.2, 0.25) is 0 Å². The van der Waals surface area contributed by atoms with Gasteiger partial charge in [-0.2, -0.15) is 0 Å². The van der Waals surface area contributed by atoms with Crippen molar-refractivity contribution >= 4 is 11.0 Å². The van der Waals surface area contributed by atoms with E-state index in [0.29, 0.717) is 29.5 Å². The molecule has 0 saturated carbocycles. The zero-order chi connectivity index (χ0) is 24.4. The Bertz CT molecular complexity index is 1340. The van der Waals surface area contributed by atoms with Crippen molar-refractivity contribution in [1.82, 2.24) is 0 Å². The first-order chi connectivity index (χ1) is 15.5. The van der Waals surface area contributed by atoms with Gasteiger partial charge in [-0.05, 0) is 52.2 Å². The fourth-order valence-corrected chi connectivity index (χ4v) is 3.65. The van der Waals surface area contributed by atoms with Gasteiger partial charge in [0, 0.05) is 23.3 Å². The van der Waals surface area contributed by atoms with Crippen molar-refractivity contribution in [1.29, 1.82) is 0 Å². The number of ether oxygens (including phenoxy) is 1. The molecule has 4 N–H and O–H groups in total. The van der Waals surface area contributed by atoms with Crippen molar-refractivity contribution in [2.45, 2.75) is 40.5 Å². The Kier molecular flexibility index (Phi) is 6.72. The van der Waals surface area contributed by atoms with Gasteiger partial charge in [0.2, 0.25) is 11.2 Å². The van der Waals surface area contributed by atoms with Gasteiger partial charge in [-0.25, -0.2) is 0 Å². The Morgan fingerprint density at radius 1 is 0.909 bits per heavy atom. The average Bonchev–Trinajstić information content (AvgIpc) is 2.72. The second-order valence-corrected chi connectivity index (χ2v) is 8.35. The van der Waals surface area contributed by atoms with E-state index in [9.17, 15) is 25.2 Å². The molecule has 0 radical (unpaired) electrons. The number of hydrogen-bond acceptors (Lipinski definition) is 7. The molecule has 174 valence electrons. The summed E-state index contributed by atoms with van der Waals surface area (Å²) in [5.41, 5.74) is 2.91. The Labute approximate surface area is 191 Å². The van der Waals surface area contributed by atoms with Gasteiger partial charge in [-0.15, -0.1) is 0 Å². The predicted octanol–water partition coefficient (Wildman–Crippen LogP) is 5.31. The van der Waals surface area contributed by atoms with Crippen LogP contribution in [0.1, 0.15) is 38.8 Å². The molecule has 7 nitrogen and oxygen atoms in total. The van der Waals surface area contributed by atoms with Crippen LogP contribution in [0.25, 0.3) is 22.3 Å². The number of fused-ring (bicyclic) bond motifs is 1. The standard InChI is InChI=1S/C26H28O7/c1-13(2)6-8-16-17(9-7-14(3)4)23(30)20(29)12-18(16)25-26(32-5)24(31)22-19(28)10-15(27)11-21(22)33-25/h6-7,10-12,27-30H,8-9H2,1-5H3. The third kappa shape index (κ3) is 4.67. The van der Waals surface area contributed by atoms with Gasteiger partial charge in [0.1, 0.15) is 22.5 Å². The van der Waals surface area contributed by atoms with Crippen molar-refractivity contribution < 1.29 is 29.6 Å². The highest BCUT2D eigenvalue weighted by Crippen LogP contribution is 2.43. The van der Waals surface area contributed by atoms with Crippen LogP contribution in [0.5, 0.6) is 28.7 Å². The molecule has 0 unspecified atom stereocenters. The number of aromatic hydroxyl groups is 4. The molecule has 0 fully saturated rings. The number of allylic oxidation sites excluding steroid dienone is 4. The monoisotopic (exact) mass is 452 g/mol. The lowest BCUT2D eigenvalue weighted by Crippen LogP contribution is -2.09. The Morgan fingerprint density at radius 2 is 1.52 bits per heavy atom. The highest BCUT2D eigenvalue weighted by atomic mass is 16.5. The van der Waals surface area contributed by atoms with Gasteiger partial charge in [0.25, 0.3) is 0 Å². The van der Waals surface area contributed by atoms with E-state index in [1.165, 1.54) is 19.2 Å². The summed E-state index contributed by atoms with van der Waals surface area (Å²) in [5, 5.41) is 41.1. The molecule has 0 aliphatic heterocycles. The average molecular weight is 453 g/mol. The minimum absolute atomic E-state index is 0.0194. The molecule has 0 spiro atoms. The third-order valence-corrected chi connectivity index (χ3v) is 5.29. The van der Waals surface area contributed by atoms with Crippen LogP contribution in [0.3, 0.4) is 0 Å². The van der Waals surface area contributed by atoms with Crippen LogP contribution < -0.4 is 10.2 Å². The van der Waals surface area contributed by atoms with E-state index in [0.717, 1.165) is 17.2 Å². The van der Waals surface area contributed by atoms with Crippen molar-refractivity contribution in [2.24, 2.45) is 0 Å². The smallest absolute Gasteiger partial charge is 0.239 e. The molecule has 7 heteroatoms. The molecule has 0 amide bonds. The zero-order valence-electron chi connectivity index (χ0n) is 19.3. The SMILES string of the molecule is COc1c(-c2cc(O)c(O)c(CC=C(C)C)c2CC=C(C)C)oc2cc(O)cc(O)c2c1=O. The van der Waals surface area contributed by atoms with Gasteiger partial charge in [0.15, 0.2) is 17.3 Å². The van der Waals surface area contributed by atoms with Crippen molar-refractivity contribution in [3.05, 3.63) is 62.8 Å². The summed E-state index contributed by atoms with van der Waals surface area (Å²) in [6, 6.07) is 3.59. The maximum Gasteiger partial charge on any atom is 0.239 e. The van der Waals surface area contributed by atoms with E-state index in [4.69, 9.17) is 9.15 Å². The van der Waals surface area contributed by atoms with Gasteiger partial charge in [0.05, 0.1) is 7.11 Å². The zero-order valence-corrected chi connectivity index (χ0v) is 19.3. The largest absolute Gasteiger partial charge is 0.508 e. The fraction of sp³-hybridized carbons (Fsp3) is 0.269. The molecular formula is C26H28O7. The number of phenols is 4. The summed E-state index contributed by atoms with van der Waals surface area (Å²) in [6.07, 6.45) is 4.63. The highest BCUT2D eigenvalue weighted by Gasteiger charge is 2.25. The number of methoxy groups -OCH3 is 1. The van der Waals surface area contributed by atoms with Gasteiger partial charge in [-0.1, -0.05) is 23.3 Å². The molecule has 0 aliphatic carbocycles. The number of hydrogen-bond donors (Lipinski definition) is 4. The topological polar surface area (TPSA) is 120 Å². The van der Waals surface area contributed by atoms with Crippen LogP contribution in [-0.2, 0) is 12.8 Å². The quantitative estimate of drug-likeness (QED) is 0.295. The Balaban J connectivity index is 2.46. The van der Waals surface area contributed by atoms with E-state index in [1.807, 2.05) is 39.8 Å². The van der Waals surface area contributed by atoms with Crippen LogP contribution in [-0.4, -0.2) is 27.5 Å². The van der Waals surface area contributed by atoms with Crippen LogP contribution in [0.4, 0.5) is 0 Å². The van der Waals surface area contributed by atoms with Crippen molar-refractivity contribution in [3.8, 4) is 40.1 Å². The molecule has 0 saturated heterocycles. The lowest BCUT2D eigenvalue weighted by Gasteiger charge is -2.18. The molecule has 1 heterocycles. The molecule has 3 aromatic rings. The van der Waals surface area contributed by atoms with Crippen molar-refractivity contribution in [3.63, 3.8) is 0 Å². The lowest BCUT2D eigenvalue weighted by atomic mass is 9.91. The van der Waals surface area contributed by atoms with Gasteiger partial charge < -0.3 is 29.6 Å². The second kappa shape index (κ2) is 9.32. The lowest BCUT2D eigenvalue weighted by molar-refractivity contribution is 0.394. The minimum atomic E-state index is -0.627. The highest BCUT2D eigenvalue weighted by molar-refractivity contribution is 5.89. The first kappa shape index (κ1) is 23.8. The van der Waals surface area contributed by atoms with E-state index < -0.39 is 11.2 Å². The fourth-order valence-electron chi connectivity index (χ4n) is 3.65. The second-order valence-electron chi connectivity index (χ2n) is 8.35. The summed E-state index contributed by atoms with van der Waals surface area (Å²) in [4.78, 5) is 13.2. The van der Waals surface area contributed by atoms with E-state index in [-0.39, 0.29) is 39.7 Å². The summed E-state index contributed by atoms with van der Waals surface area (Å²) in [5.74, 6) is -1.48. The van der Waals surface area contributed by atoms with Gasteiger partial charge >= 0.3 is 0 Å². The van der Waals surface area contributed by atoms with Crippen LogP contribution in [0.15, 0.2) is 50.7 Å². The van der Waals surface area contributed by atoms with E-state index in [2.05, 4.69) is 0 Å². The number of rotatable bonds is 6. The Morgan fingerprint density at radius 3 is 2.09 bits per heavy atom. The third-order valence-electron chi connectivity index (χ3n) is 5.29. The normalized spacial score (nSPS) is 10.8. The molecule has 33 heavy (non-hydrogen) atoms. The maximum atomic E-state index is 13.2. The summed E-state index contributed by atoms with van der Waals surface area (Å²) in [7, 11) is 1.30. The number of phenolic OH excluding ortho intramolecular Hbond substituents is 4. The molecule has 1 aromatic heterocycles. The van der Waals surface area contributed by atoms with E-state index >= 15 is 0 Å². The Hall–Kier alpha value is -3.87. The molecule has 2 aromatic carbocycles. The van der Waals surface area contributed by atoms with Crippen LogP contribution >= 0.6 is 0 Å². The molecule has 0 bridgehead atoms. The van der Waals surface area contributed by atoms with Crippen LogP contribution in [0, 0.1) is 0 Å². The summed E-state index contributed by atoms with van der Waals surface area (Å²) in [6.45, 7) is 7.75. The number of benzene rings is 2. The molecule has 0 atom stereocenters. The van der Waals surface area contributed by atoms with Gasteiger partial charge in [-0.3, -0.25) is 4.79 Å². The summed E-state index contributed by atoms with van der Waals surface area (Å²) >= 11 is 0. The summed E-state index contributed by atoms with van der Waals surface area (Å²) < 4.78 is 11.3. The van der Waals surface area contributed by atoms with Crippen molar-refractivity contribution in [2.75, 3.05) is 7.11 Å². The maximum absolute atomic E-state index is 13.2. The molecule has 0 aliphatic rings. The van der Waals surface area contributed by atoms with E-state index in [1.54, 1.807) is 0 Å².